The van der Waals surface area contributed by atoms with E-state index in [0.29, 0.717) is 25.3 Å². The lowest BCUT2D eigenvalue weighted by Gasteiger charge is -2.47. The van der Waals surface area contributed by atoms with Crippen molar-refractivity contribution in [2.45, 2.75) is 26.8 Å². The van der Waals surface area contributed by atoms with Gasteiger partial charge in [0.1, 0.15) is 5.82 Å². The first kappa shape index (κ1) is 23.5. The smallest absolute Gasteiger partial charge is 0.279 e. The van der Waals surface area contributed by atoms with Gasteiger partial charge in [0.05, 0.1) is 10.2 Å². The van der Waals surface area contributed by atoms with Crippen LogP contribution in [0.5, 0.6) is 0 Å². The highest BCUT2D eigenvalue weighted by Crippen LogP contribution is 2.32. The standard InChI is InChI=1S/C17H23BrFN7O4S/c1-10(2)25-31(28,29)26-8-17(3,9-26)7-20-15-14(23-30-24-15)16(22-27)21-11-4-5-13(19)12(18)6-11/h4-6,10,25,27H,7-9H2,1-3H3,(H,20,24)(H,21,22). The fourth-order valence-electron chi connectivity index (χ4n) is 3.03. The van der Waals surface area contributed by atoms with E-state index in [9.17, 15) is 18.0 Å². The lowest BCUT2D eigenvalue weighted by atomic mass is 9.84. The maximum Gasteiger partial charge on any atom is 0.279 e. The SMILES string of the molecule is CC(C)NS(=O)(=O)N1CC(C)(CNc2nonc2C(=Nc2ccc(F)c(Br)c2)NO)C1. The zero-order chi connectivity index (χ0) is 22.8. The molecule has 1 aromatic heterocycles. The van der Waals surface area contributed by atoms with Crippen molar-refractivity contribution in [1.29, 1.82) is 0 Å². The van der Waals surface area contributed by atoms with Gasteiger partial charge in [0.2, 0.25) is 5.82 Å². The molecule has 0 spiro atoms. The Kier molecular flexibility index (Phi) is 6.95. The number of hydrogen-bond acceptors (Lipinski definition) is 8. The first-order valence-corrected chi connectivity index (χ1v) is 11.5. The zero-order valence-electron chi connectivity index (χ0n) is 17.1. The number of rotatable bonds is 8. The number of aliphatic imine (C=N–C) groups is 1. The number of nitrogens with zero attached hydrogens (tertiary/aromatic N) is 4. The van der Waals surface area contributed by atoms with E-state index in [1.165, 1.54) is 22.5 Å². The Labute approximate surface area is 187 Å². The number of hydroxylamine groups is 1. The van der Waals surface area contributed by atoms with Crippen LogP contribution in [0.25, 0.3) is 0 Å². The van der Waals surface area contributed by atoms with Crippen molar-refractivity contribution >= 4 is 43.5 Å². The number of benzene rings is 1. The quantitative estimate of drug-likeness (QED) is 0.235. The zero-order valence-corrected chi connectivity index (χ0v) is 19.5. The van der Waals surface area contributed by atoms with Crippen molar-refractivity contribution in [1.82, 2.24) is 24.8 Å². The van der Waals surface area contributed by atoms with Crippen LogP contribution in [0.15, 0.2) is 32.3 Å². The van der Waals surface area contributed by atoms with E-state index in [2.05, 4.69) is 41.3 Å². The van der Waals surface area contributed by atoms with Crippen LogP contribution in [0, 0.1) is 11.2 Å². The van der Waals surface area contributed by atoms with Crippen LogP contribution in [-0.2, 0) is 10.2 Å². The van der Waals surface area contributed by atoms with Crippen molar-refractivity contribution in [3.63, 3.8) is 0 Å². The van der Waals surface area contributed by atoms with Crippen LogP contribution < -0.4 is 15.5 Å². The minimum Gasteiger partial charge on any atom is -0.365 e. The van der Waals surface area contributed by atoms with Crippen LogP contribution >= 0.6 is 15.9 Å². The largest absolute Gasteiger partial charge is 0.365 e. The van der Waals surface area contributed by atoms with E-state index >= 15 is 0 Å². The van der Waals surface area contributed by atoms with Crippen LogP contribution in [0.3, 0.4) is 0 Å². The highest BCUT2D eigenvalue weighted by atomic mass is 79.9. The molecule has 1 aliphatic heterocycles. The van der Waals surface area contributed by atoms with E-state index in [1.807, 2.05) is 12.4 Å². The molecule has 4 N–H and O–H groups in total. The summed E-state index contributed by atoms with van der Waals surface area (Å²) in [5.74, 6) is -0.299. The number of amidine groups is 1. The summed E-state index contributed by atoms with van der Waals surface area (Å²) in [4.78, 5) is 4.19. The Bertz CT molecular complexity index is 1070. The molecule has 0 atom stereocenters. The molecule has 1 saturated heterocycles. The second kappa shape index (κ2) is 9.16. The van der Waals surface area contributed by atoms with Gasteiger partial charge < -0.3 is 5.32 Å². The van der Waals surface area contributed by atoms with Crippen molar-refractivity contribution in [2.24, 2.45) is 10.4 Å². The molecule has 11 nitrogen and oxygen atoms in total. The van der Waals surface area contributed by atoms with Crippen molar-refractivity contribution < 1.29 is 22.6 Å². The van der Waals surface area contributed by atoms with Gasteiger partial charge in [-0.3, -0.25) is 10.7 Å². The molecule has 0 bridgehead atoms. The van der Waals surface area contributed by atoms with Crippen molar-refractivity contribution in [3.8, 4) is 0 Å². The van der Waals surface area contributed by atoms with Gasteiger partial charge in [0, 0.05) is 31.1 Å². The number of aromatic nitrogens is 2. The molecule has 3 rings (SSSR count). The van der Waals surface area contributed by atoms with E-state index in [4.69, 9.17) is 4.63 Å². The average Bonchev–Trinajstić information content (AvgIpc) is 3.12. The lowest BCUT2D eigenvalue weighted by molar-refractivity contribution is 0.102. The summed E-state index contributed by atoms with van der Waals surface area (Å²) in [6.45, 7) is 6.48. The summed E-state index contributed by atoms with van der Waals surface area (Å²) >= 11 is 3.08. The fourth-order valence-corrected chi connectivity index (χ4v) is 5.11. The molecular formula is C17H23BrFN7O4S. The lowest BCUT2D eigenvalue weighted by Crippen LogP contribution is -2.62. The van der Waals surface area contributed by atoms with Crippen LogP contribution in [-0.4, -0.2) is 59.8 Å². The van der Waals surface area contributed by atoms with Gasteiger partial charge in [-0.2, -0.15) is 17.4 Å². The second-order valence-electron chi connectivity index (χ2n) is 7.84. The molecule has 0 radical (unpaired) electrons. The molecule has 2 heterocycles. The number of halogens is 2. The summed E-state index contributed by atoms with van der Waals surface area (Å²) in [7, 11) is -3.52. The Hall–Kier alpha value is -2.13. The van der Waals surface area contributed by atoms with Gasteiger partial charge in [0.25, 0.3) is 10.2 Å². The van der Waals surface area contributed by atoms with E-state index in [-0.39, 0.29) is 33.3 Å². The van der Waals surface area contributed by atoms with Gasteiger partial charge in [0.15, 0.2) is 11.5 Å². The van der Waals surface area contributed by atoms with Crippen molar-refractivity contribution in [2.75, 3.05) is 25.0 Å². The van der Waals surface area contributed by atoms with Crippen LogP contribution in [0.2, 0.25) is 0 Å². The Morgan fingerprint density at radius 2 is 2.13 bits per heavy atom. The minimum absolute atomic E-state index is 0.0636. The summed E-state index contributed by atoms with van der Waals surface area (Å²) in [6, 6.07) is 3.89. The second-order valence-corrected chi connectivity index (χ2v) is 10.4. The van der Waals surface area contributed by atoms with Gasteiger partial charge >= 0.3 is 0 Å². The Balaban J connectivity index is 1.68. The van der Waals surface area contributed by atoms with Gasteiger partial charge in [-0.15, -0.1) is 0 Å². The predicted molar refractivity (Wildman–Crippen MR) is 115 cm³/mol. The molecule has 1 aliphatic rings. The first-order chi connectivity index (χ1) is 14.5. The minimum atomic E-state index is -3.52. The molecule has 2 aromatic rings. The molecule has 14 heteroatoms. The summed E-state index contributed by atoms with van der Waals surface area (Å²) in [5.41, 5.74) is 2.06. The monoisotopic (exact) mass is 519 g/mol. The third-order valence-electron chi connectivity index (χ3n) is 4.49. The van der Waals surface area contributed by atoms with Crippen molar-refractivity contribution in [3.05, 3.63) is 34.2 Å². The normalized spacial score (nSPS) is 16.9. The van der Waals surface area contributed by atoms with Gasteiger partial charge in [-0.05, 0) is 58.3 Å². The molecule has 1 fully saturated rings. The molecular weight excluding hydrogens is 497 g/mol. The highest BCUT2D eigenvalue weighted by molar-refractivity contribution is 9.10. The molecule has 31 heavy (non-hydrogen) atoms. The van der Waals surface area contributed by atoms with E-state index < -0.39 is 16.0 Å². The van der Waals surface area contributed by atoms with Crippen LogP contribution in [0.4, 0.5) is 15.9 Å². The number of hydrogen-bond donors (Lipinski definition) is 4. The highest BCUT2D eigenvalue weighted by Gasteiger charge is 2.45. The van der Waals surface area contributed by atoms with E-state index in [0.717, 1.165) is 0 Å². The molecule has 1 aromatic carbocycles. The predicted octanol–water partition coefficient (Wildman–Crippen LogP) is 2.00. The average molecular weight is 520 g/mol. The molecule has 0 saturated carbocycles. The first-order valence-electron chi connectivity index (χ1n) is 9.31. The third kappa shape index (κ3) is 5.57. The maximum absolute atomic E-state index is 13.4. The topological polar surface area (TPSA) is 145 Å². The molecule has 0 amide bonds. The maximum atomic E-state index is 13.4. The van der Waals surface area contributed by atoms with Gasteiger partial charge in [-0.25, -0.2) is 14.0 Å². The molecule has 0 aliphatic carbocycles. The Morgan fingerprint density at radius 3 is 2.74 bits per heavy atom. The fraction of sp³-hybridized carbons (Fsp3) is 0.471. The summed E-state index contributed by atoms with van der Waals surface area (Å²) < 4.78 is 46.8. The van der Waals surface area contributed by atoms with E-state index in [1.54, 1.807) is 13.8 Å². The number of anilines is 1. The molecule has 0 unspecified atom stereocenters. The third-order valence-corrected chi connectivity index (χ3v) is 6.80. The van der Waals surface area contributed by atoms with Gasteiger partial charge in [-0.1, -0.05) is 6.92 Å². The summed E-state index contributed by atoms with van der Waals surface area (Å²) in [5, 5.41) is 20.1. The van der Waals surface area contributed by atoms with Crippen LogP contribution in [0.1, 0.15) is 26.5 Å². The Morgan fingerprint density at radius 1 is 1.42 bits per heavy atom. The number of nitrogens with one attached hydrogen (secondary N) is 3. The molecule has 170 valence electrons. The summed E-state index contributed by atoms with van der Waals surface area (Å²) in [6.07, 6.45) is 0.